The molecule has 0 atom stereocenters. The molecule has 0 unspecified atom stereocenters. The smallest absolute Gasteiger partial charge is 0.220 e. The highest BCUT2D eigenvalue weighted by Crippen LogP contribution is 2.44. The Balaban J connectivity index is 1.86. The molecular weight excluding hydrogens is 350 g/mol. The molecule has 2 aromatic carbocycles. The lowest BCUT2D eigenvalue weighted by atomic mass is 9.87. The predicted octanol–water partition coefficient (Wildman–Crippen LogP) is 3.86. The third-order valence-corrected chi connectivity index (χ3v) is 5.46. The summed E-state index contributed by atoms with van der Waals surface area (Å²) in [7, 11) is 0. The maximum absolute atomic E-state index is 6.42. The maximum atomic E-state index is 6.42. The highest BCUT2D eigenvalue weighted by atomic mass is 16.5. The Morgan fingerprint density at radius 2 is 1.75 bits per heavy atom. The summed E-state index contributed by atoms with van der Waals surface area (Å²) >= 11 is 0. The van der Waals surface area contributed by atoms with Crippen LogP contribution < -0.4 is 21.1 Å². The number of aliphatic imine (C=N–C) groups is 2. The SMILES string of the molecule is CCOc1ccc(-c2ccccc2)cc1N1C(N)=NC(N)=NC12CCCCC2. The Kier molecular flexibility index (Phi) is 4.94. The van der Waals surface area contributed by atoms with Crippen molar-refractivity contribution in [1.82, 2.24) is 0 Å². The fraction of sp³-hybridized carbons (Fsp3) is 0.364. The van der Waals surface area contributed by atoms with Gasteiger partial charge < -0.3 is 16.2 Å². The molecule has 4 N–H and O–H groups in total. The number of rotatable bonds is 4. The summed E-state index contributed by atoms with van der Waals surface area (Å²) in [6.45, 7) is 2.55. The van der Waals surface area contributed by atoms with Crippen molar-refractivity contribution < 1.29 is 4.74 Å². The molecule has 6 nitrogen and oxygen atoms in total. The van der Waals surface area contributed by atoms with Gasteiger partial charge in [-0.25, -0.2) is 4.99 Å². The largest absolute Gasteiger partial charge is 0.492 e. The van der Waals surface area contributed by atoms with Gasteiger partial charge in [-0.05, 0) is 55.9 Å². The third-order valence-electron chi connectivity index (χ3n) is 5.46. The van der Waals surface area contributed by atoms with E-state index >= 15 is 0 Å². The standard InChI is InChI=1S/C22H27N5O/c1-2-28-19-12-11-17(16-9-5-3-6-10-16)15-18(19)27-21(24)25-20(23)26-22(27)13-7-4-8-14-22/h3,5-6,9-12,15H,2,4,7-8,13-14H2,1H3,(H4,23,24,25,26). The van der Waals surface area contributed by atoms with Crippen LogP contribution in [0.5, 0.6) is 5.75 Å². The summed E-state index contributed by atoms with van der Waals surface area (Å²) in [6.07, 6.45) is 5.16. The first-order valence-electron chi connectivity index (χ1n) is 9.95. The molecule has 28 heavy (non-hydrogen) atoms. The zero-order valence-corrected chi connectivity index (χ0v) is 16.3. The van der Waals surface area contributed by atoms with Gasteiger partial charge in [0.05, 0.1) is 12.3 Å². The Labute approximate surface area is 165 Å². The zero-order chi connectivity index (χ0) is 19.6. The number of hydrogen-bond acceptors (Lipinski definition) is 6. The van der Waals surface area contributed by atoms with Crippen LogP contribution in [0, 0.1) is 0 Å². The molecule has 1 fully saturated rings. The number of nitrogens with two attached hydrogens (primary N) is 2. The number of benzene rings is 2. The second kappa shape index (κ2) is 7.54. The van der Waals surface area contributed by atoms with Gasteiger partial charge in [0.2, 0.25) is 11.9 Å². The molecule has 0 saturated heterocycles. The van der Waals surface area contributed by atoms with Crippen LogP contribution in [-0.4, -0.2) is 24.2 Å². The van der Waals surface area contributed by atoms with Gasteiger partial charge in [0, 0.05) is 0 Å². The predicted molar refractivity (Wildman–Crippen MR) is 115 cm³/mol. The van der Waals surface area contributed by atoms with E-state index in [2.05, 4.69) is 29.3 Å². The van der Waals surface area contributed by atoms with Gasteiger partial charge in [0.15, 0.2) is 0 Å². The van der Waals surface area contributed by atoms with Crippen LogP contribution in [0.25, 0.3) is 11.1 Å². The van der Waals surface area contributed by atoms with Gasteiger partial charge >= 0.3 is 0 Å². The molecule has 1 saturated carbocycles. The van der Waals surface area contributed by atoms with Crippen molar-refractivity contribution in [2.45, 2.75) is 44.7 Å². The minimum Gasteiger partial charge on any atom is -0.492 e. The van der Waals surface area contributed by atoms with E-state index < -0.39 is 5.66 Å². The fourth-order valence-electron chi connectivity index (χ4n) is 4.25. The summed E-state index contributed by atoms with van der Waals surface area (Å²) in [5, 5.41) is 0. The van der Waals surface area contributed by atoms with Crippen LogP contribution in [0.2, 0.25) is 0 Å². The lowest BCUT2D eigenvalue weighted by molar-refractivity contribution is 0.299. The summed E-state index contributed by atoms with van der Waals surface area (Å²) in [6, 6.07) is 16.5. The van der Waals surface area contributed by atoms with Gasteiger partial charge in [-0.1, -0.05) is 42.8 Å². The van der Waals surface area contributed by atoms with Crippen LogP contribution >= 0.6 is 0 Å². The van der Waals surface area contributed by atoms with Crippen LogP contribution in [0.15, 0.2) is 58.5 Å². The first-order valence-corrected chi connectivity index (χ1v) is 9.95. The Bertz CT molecular complexity index is 900. The Morgan fingerprint density at radius 3 is 2.46 bits per heavy atom. The first kappa shape index (κ1) is 18.3. The summed E-state index contributed by atoms with van der Waals surface area (Å²) in [4.78, 5) is 11.1. The van der Waals surface area contributed by atoms with E-state index in [1.807, 2.05) is 36.1 Å². The van der Waals surface area contributed by atoms with Crippen LogP contribution in [0.4, 0.5) is 5.69 Å². The minimum absolute atomic E-state index is 0.257. The molecule has 2 aromatic rings. The van der Waals surface area contributed by atoms with Crippen LogP contribution in [0.1, 0.15) is 39.0 Å². The van der Waals surface area contributed by atoms with Gasteiger partial charge in [-0.3, -0.25) is 4.90 Å². The Hall–Kier alpha value is -3.02. The second-order valence-corrected chi connectivity index (χ2v) is 7.30. The second-order valence-electron chi connectivity index (χ2n) is 7.30. The van der Waals surface area contributed by atoms with E-state index in [0.29, 0.717) is 12.6 Å². The molecule has 1 aliphatic heterocycles. The molecule has 0 aromatic heterocycles. The van der Waals surface area contributed by atoms with Gasteiger partial charge in [-0.15, -0.1) is 0 Å². The van der Waals surface area contributed by atoms with Crippen molar-refractivity contribution >= 4 is 17.6 Å². The summed E-state index contributed by atoms with van der Waals surface area (Å²) in [5.74, 6) is 1.41. The van der Waals surface area contributed by atoms with Gasteiger partial charge in [-0.2, -0.15) is 4.99 Å². The first-order chi connectivity index (χ1) is 13.6. The number of guanidine groups is 2. The van der Waals surface area contributed by atoms with E-state index in [9.17, 15) is 0 Å². The quantitative estimate of drug-likeness (QED) is 0.847. The summed E-state index contributed by atoms with van der Waals surface area (Å²) < 4.78 is 5.96. The molecule has 1 spiro atoms. The molecule has 1 heterocycles. The topological polar surface area (TPSA) is 89.2 Å². The normalized spacial score (nSPS) is 18.5. The van der Waals surface area contributed by atoms with Crippen LogP contribution in [-0.2, 0) is 0 Å². The molecule has 4 rings (SSSR count). The van der Waals surface area contributed by atoms with E-state index in [0.717, 1.165) is 48.2 Å². The molecule has 6 heteroatoms. The monoisotopic (exact) mass is 377 g/mol. The molecule has 0 radical (unpaired) electrons. The minimum atomic E-state index is -0.491. The Morgan fingerprint density at radius 1 is 1.00 bits per heavy atom. The number of ether oxygens (including phenoxy) is 1. The molecule has 0 bridgehead atoms. The molecule has 0 amide bonds. The van der Waals surface area contributed by atoms with Crippen molar-refractivity contribution in [3.63, 3.8) is 0 Å². The maximum Gasteiger partial charge on any atom is 0.220 e. The molecule has 2 aliphatic rings. The number of anilines is 1. The van der Waals surface area contributed by atoms with Crippen molar-refractivity contribution in [2.24, 2.45) is 21.5 Å². The fourth-order valence-corrected chi connectivity index (χ4v) is 4.25. The van der Waals surface area contributed by atoms with E-state index in [1.54, 1.807) is 0 Å². The van der Waals surface area contributed by atoms with Crippen LogP contribution in [0.3, 0.4) is 0 Å². The number of nitrogens with zero attached hydrogens (tertiary/aromatic N) is 3. The van der Waals surface area contributed by atoms with Crippen molar-refractivity contribution in [1.29, 1.82) is 0 Å². The highest BCUT2D eigenvalue weighted by molar-refractivity contribution is 6.06. The molecule has 146 valence electrons. The van der Waals surface area contributed by atoms with Crippen molar-refractivity contribution in [2.75, 3.05) is 11.5 Å². The van der Waals surface area contributed by atoms with Crippen molar-refractivity contribution in [3.8, 4) is 16.9 Å². The molecule has 1 aliphatic carbocycles. The molecular formula is C22H27N5O. The van der Waals surface area contributed by atoms with Crippen molar-refractivity contribution in [3.05, 3.63) is 48.5 Å². The number of hydrogen-bond donors (Lipinski definition) is 2. The summed E-state index contributed by atoms with van der Waals surface area (Å²) in [5.41, 5.74) is 15.1. The average Bonchev–Trinajstić information content (AvgIpc) is 2.70. The highest BCUT2D eigenvalue weighted by Gasteiger charge is 2.43. The van der Waals surface area contributed by atoms with Gasteiger partial charge in [0.1, 0.15) is 11.4 Å². The zero-order valence-electron chi connectivity index (χ0n) is 16.3. The van der Waals surface area contributed by atoms with E-state index in [-0.39, 0.29) is 5.96 Å². The third kappa shape index (κ3) is 3.30. The van der Waals surface area contributed by atoms with E-state index in [4.69, 9.17) is 21.2 Å². The average molecular weight is 377 g/mol. The van der Waals surface area contributed by atoms with Gasteiger partial charge in [0.25, 0.3) is 0 Å². The lowest BCUT2D eigenvalue weighted by Gasteiger charge is -2.46. The lowest BCUT2D eigenvalue weighted by Crippen LogP contribution is -2.58. The van der Waals surface area contributed by atoms with E-state index in [1.165, 1.54) is 6.42 Å².